The summed E-state index contributed by atoms with van der Waals surface area (Å²) in [4.78, 5) is 0. The van der Waals surface area contributed by atoms with Gasteiger partial charge < -0.3 is 0 Å². The molecule has 0 bridgehead atoms. The van der Waals surface area contributed by atoms with Crippen LogP contribution in [0.2, 0.25) is 0 Å². The minimum absolute atomic E-state index is 1.22. The van der Waals surface area contributed by atoms with E-state index < -0.39 is 0 Å². The van der Waals surface area contributed by atoms with Gasteiger partial charge in [0.15, 0.2) is 0 Å². The van der Waals surface area contributed by atoms with Crippen molar-refractivity contribution in [3.05, 3.63) is 170 Å². The van der Waals surface area contributed by atoms with E-state index in [1.807, 2.05) is 0 Å². The molecule has 8 rings (SSSR count). The van der Waals surface area contributed by atoms with Gasteiger partial charge in [-0.2, -0.15) is 0 Å². The molecule has 0 aromatic heterocycles. The molecular formula is C42H28. The van der Waals surface area contributed by atoms with E-state index in [9.17, 15) is 0 Å². The van der Waals surface area contributed by atoms with Crippen LogP contribution in [0.15, 0.2) is 170 Å². The van der Waals surface area contributed by atoms with Crippen molar-refractivity contribution >= 4 is 32.3 Å². The van der Waals surface area contributed by atoms with Crippen LogP contribution in [-0.2, 0) is 0 Å². The van der Waals surface area contributed by atoms with Gasteiger partial charge in [-0.15, -0.1) is 0 Å². The molecular weight excluding hydrogens is 504 g/mol. The summed E-state index contributed by atoms with van der Waals surface area (Å²) in [6.45, 7) is 0. The summed E-state index contributed by atoms with van der Waals surface area (Å²) in [5.41, 5.74) is 10.0. The molecule has 8 aromatic rings. The Morgan fingerprint density at radius 1 is 0.238 bits per heavy atom. The van der Waals surface area contributed by atoms with Gasteiger partial charge in [-0.25, -0.2) is 0 Å². The second kappa shape index (κ2) is 10.2. The first-order chi connectivity index (χ1) is 20.9. The van der Waals surface area contributed by atoms with Gasteiger partial charge in [-0.05, 0) is 82.9 Å². The lowest BCUT2D eigenvalue weighted by molar-refractivity contribution is 1.59. The highest BCUT2D eigenvalue weighted by Crippen LogP contribution is 2.46. The maximum atomic E-state index is 2.42. The number of hydrogen-bond donors (Lipinski definition) is 0. The topological polar surface area (TPSA) is 0 Å². The van der Waals surface area contributed by atoms with E-state index in [1.165, 1.54) is 76.8 Å². The van der Waals surface area contributed by atoms with Crippen LogP contribution >= 0.6 is 0 Å². The fourth-order valence-electron chi connectivity index (χ4n) is 6.61. The fraction of sp³-hybridized carbons (Fsp3) is 0. The van der Waals surface area contributed by atoms with Crippen molar-refractivity contribution in [2.75, 3.05) is 0 Å². The third kappa shape index (κ3) is 4.00. The zero-order valence-electron chi connectivity index (χ0n) is 23.2. The van der Waals surface area contributed by atoms with Gasteiger partial charge >= 0.3 is 0 Å². The number of benzene rings is 8. The third-order valence-electron chi connectivity index (χ3n) is 8.47. The molecule has 0 aliphatic rings. The Labute approximate surface area is 246 Å². The minimum Gasteiger partial charge on any atom is -0.0622 e. The predicted octanol–water partition coefficient (Wildman–Crippen LogP) is 11.8. The molecule has 0 nitrogen and oxygen atoms in total. The van der Waals surface area contributed by atoms with Gasteiger partial charge in [0.2, 0.25) is 0 Å². The van der Waals surface area contributed by atoms with Crippen LogP contribution in [0.3, 0.4) is 0 Å². The molecule has 0 N–H and O–H groups in total. The number of rotatable bonds is 4. The van der Waals surface area contributed by atoms with E-state index in [1.54, 1.807) is 0 Å². The average Bonchev–Trinajstić information content (AvgIpc) is 3.07. The molecule has 0 amide bonds. The summed E-state index contributed by atoms with van der Waals surface area (Å²) in [6, 6.07) is 61.7. The van der Waals surface area contributed by atoms with Gasteiger partial charge in [-0.3, -0.25) is 0 Å². The number of hydrogen-bond acceptors (Lipinski definition) is 0. The largest absolute Gasteiger partial charge is 0.0622 e. The molecule has 0 aliphatic carbocycles. The van der Waals surface area contributed by atoms with Crippen LogP contribution in [0.1, 0.15) is 0 Å². The van der Waals surface area contributed by atoms with Gasteiger partial charge in [0.1, 0.15) is 0 Å². The lowest BCUT2D eigenvalue weighted by atomic mass is 9.84. The Kier molecular flexibility index (Phi) is 5.90. The SMILES string of the molecule is c1ccc(-c2ccc(-c3c4ccccc4c(-c4ccccc4)c4ccccc34)cc2-c2cccc3ccccc23)cc1. The molecule has 0 saturated carbocycles. The smallest absolute Gasteiger partial charge is 0.00261 e. The molecule has 0 heterocycles. The Bertz CT molecular complexity index is 2160. The quantitative estimate of drug-likeness (QED) is 0.198. The van der Waals surface area contributed by atoms with Gasteiger partial charge in [-0.1, -0.05) is 164 Å². The summed E-state index contributed by atoms with van der Waals surface area (Å²) in [7, 11) is 0. The van der Waals surface area contributed by atoms with Crippen LogP contribution in [0.4, 0.5) is 0 Å². The molecule has 0 atom stereocenters. The maximum absolute atomic E-state index is 2.42. The summed E-state index contributed by atoms with van der Waals surface area (Å²) < 4.78 is 0. The normalized spacial score (nSPS) is 11.3. The number of fused-ring (bicyclic) bond motifs is 3. The monoisotopic (exact) mass is 532 g/mol. The molecule has 0 radical (unpaired) electrons. The second-order valence-corrected chi connectivity index (χ2v) is 10.9. The highest BCUT2D eigenvalue weighted by molar-refractivity contribution is 6.21. The zero-order valence-corrected chi connectivity index (χ0v) is 23.2. The second-order valence-electron chi connectivity index (χ2n) is 10.9. The van der Waals surface area contributed by atoms with Crippen molar-refractivity contribution < 1.29 is 0 Å². The minimum atomic E-state index is 1.22. The van der Waals surface area contributed by atoms with E-state index in [-0.39, 0.29) is 0 Å². The van der Waals surface area contributed by atoms with Crippen LogP contribution in [0, 0.1) is 0 Å². The highest BCUT2D eigenvalue weighted by atomic mass is 14.2. The van der Waals surface area contributed by atoms with Crippen molar-refractivity contribution in [3.8, 4) is 44.5 Å². The molecule has 8 aromatic carbocycles. The van der Waals surface area contributed by atoms with Crippen LogP contribution in [-0.4, -0.2) is 0 Å². The molecule has 0 unspecified atom stereocenters. The fourth-order valence-corrected chi connectivity index (χ4v) is 6.61. The predicted molar refractivity (Wildman–Crippen MR) is 181 cm³/mol. The Morgan fingerprint density at radius 3 is 1.33 bits per heavy atom. The van der Waals surface area contributed by atoms with Crippen LogP contribution in [0.25, 0.3) is 76.8 Å². The van der Waals surface area contributed by atoms with Gasteiger partial charge in [0.25, 0.3) is 0 Å². The van der Waals surface area contributed by atoms with Gasteiger partial charge in [0.05, 0.1) is 0 Å². The first-order valence-electron chi connectivity index (χ1n) is 14.5. The molecule has 196 valence electrons. The first-order valence-corrected chi connectivity index (χ1v) is 14.5. The molecule has 0 fully saturated rings. The standard InChI is InChI=1S/C42H28/c1-3-14-29(15-4-1)34-27-26-32(28-40(34)35-25-13-19-30-16-7-8-20-33(30)35)42-38-23-11-9-21-36(38)41(31-17-5-2-6-18-31)37-22-10-12-24-39(37)42/h1-28H. The van der Waals surface area contributed by atoms with Crippen LogP contribution < -0.4 is 0 Å². The third-order valence-corrected chi connectivity index (χ3v) is 8.47. The van der Waals surface area contributed by atoms with E-state index in [0.29, 0.717) is 0 Å². The maximum Gasteiger partial charge on any atom is -0.00261 e. The summed E-state index contributed by atoms with van der Waals surface area (Å²) in [5, 5.41) is 7.61. The molecule has 42 heavy (non-hydrogen) atoms. The summed E-state index contributed by atoms with van der Waals surface area (Å²) in [6.07, 6.45) is 0. The zero-order chi connectivity index (χ0) is 27.9. The van der Waals surface area contributed by atoms with E-state index in [2.05, 4.69) is 170 Å². The van der Waals surface area contributed by atoms with E-state index >= 15 is 0 Å². The molecule has 0 heteroatoms. The van der Waals surface area contributed by atoms with Crippen molar-refractivity contribution in [2.24, 2.45) is 0 Å². The Hall–Kier alpha value is -5.46. The van der Waals surface area contributed by atoms with Crippen molar-refractivity contribution in [3.63, 3.8) is 0 Å². The van der Waals surface area contributed by atoms with E-state index in [0.717, 1.165) is 0 Å². The Balaban J connectivity index is 1.48. The lowest BCUT2D eigenvalue weighted by Crippen LogP contribution is -1.93. The molecule has 0 saturated heterocycles. The first kappa shape index (κ1) is 24.3. The van der Waals surface area contributed by atoms with Crippen molar-refractivity contribution in [1.82, 2.24) is 0 Å². The van der Waals surface area contributed by atoms with Crippen molar-refractivity contribution in [1.29, 1.82) is 0 Å². The lowest BCUT2D eigenvalue weighted by Gasteiger charge is -2.19. The molecule has 0 aliphatic heterocycles. The van der Waals surface area contributed by atoms with Gasteiger partial charge in [0, 0.05) is 0 Å². The van der Waals surface area contributed by atoms with E-state index in [4.69, 9.17) is 0 Å². The molecule has 0 spiro atoms. The summed E-state index contributed by atoms with van der Waals surface area (Å²) >= 11 is 0. The average molecular weight is 533 g/mol. The van der Waals surface area contributed by atoms with Crippen molar-refractivity contribution in [2.45, 2.75) is 0 Å². The summed E-state index contributed by atoms with van der Waals surface area (Å²) in [5.74, 6) is 0. The Morgan fingerprint density at radius 2 is 0.714 bits per heavy atom. The highest BCUT2D eigenvalue weighted by Gasteiger charge is 2.18. The van der Waals surface area contributed by atoms with Crippen LogP contribution in [0.5, 0.6) is 0 Å².